The average Bonchev–Trinajstić information content (AvgIpc) is 2.44. The number of fused-ring (bicyclic) bond motifs is 1. The molecule has 1 unspecified atom stereocenters. The molecule has 4 heteroatoms. The van der Waals surface area contributed by atoms with E-state index in [1.54, 1.807) is 21.2 Å². The van der Waals surface area contributed by atoms with Gasteiger partial charge in [-0.05, 0) is 34.5 Å². The van der Waals surface area contributed by atoms with Crippen LogP contribution < -0.4 is 4.74 Å². The van der Waals surface area contributed by atoms with Gasteiger partial charge in [-0.25, -0.2) is 0 Å². The number of amides is 1. The van der Waals surface area contributed by atoms with Crippen LogP contribution in [-0.4, -0.2) is 32.0 Å². The summed E-state index contributed by atoms with van der Waals surface area (Å²) >= 11 is 6.19. The van der Waals surface area contributed by atoms with Crippen LogP contribution in [0.3, 0.4) is 0 Å². The summed E-state index contributed by atoms with van der Waals surface area (Å²) in [4.78, 5) is 13.3. The molecular formula is C15H16ClNO2. The Labute approximate surface area is 117 Å². The standard InChI is InChI=1S/C15H16ClNO2/c1-17(2)15(18)14(16)12-5-4-11-9-13(19-3)7-6-10(11)8-12/h4-9,14H,1-3H3. The Hall–Kier alpha value is -1.74. The molecule has 2 aromatic carbocycles. The third kappa shape index (κ3) is 2.82. The minimum Gasteiger partial charge on any atom is -0.497 e. The van der Waals surface area contributed by atoms with E-state index in [0.29, 0.717) is 0 Å². The van der Waals surface area contributed by atoms with Crippen LogP contribution in [0.5, 0.6) is 5.75 Å². The van der Waals surface area contributed by atoms with Gasteiger partial charge in [-0.15, -0.1) is 11.6 Å². The fourth-order valence-corrected chi connectivity index (χ4v) is 2.23. The lowest BCUT2D eigenvalue weighted by Crippen LogP contribution is -2.25. The van der Waals surface area contributed by atoms with Crippen LogP contribution >= 0.6 is 11.6 Å². The Morgan fingerprint density at radius 2 is 1.79 bits per heavy atom. The number of likely N-dealkylation sites (N-methyl/N-ethyl adjacent to an activating group) is 1. The van der Waals surface area contributed by atoms with Gasteiger partial charge in [0.2, 0.25) is 5.91 Å². The quantitative estimate of drug-likeness (QED) is 0.806. The zero-order valence-electron chi connectivity index (χ0n) is 11.2. The Morgan fingerprint density at radius 1 is 1.16 bits per heavy atom. The van der Waals surface area contributed by atoms with E-state index in [-0.39, 0.29) is 5.91 Å². The maximum absolute atomic E-state index is 11.9. The molecule has 0 aromatic heterocycles. The predicted molar refractivity (Wildman–Crippen MR) is 77.8 cm³/mol. The van der Waals surface area contributed by atoms with Gasteiger partial charge in [0.15, 0.2) is 0 Å². The van der Waals surface area contributed by atoms with Crippen molar-refractivity contribution in [3.05, 3.63) is 42.0 Å². The highest BCUT2D eigenvalue weighted by Crippen LogP contribution is 2.27. The Morgan fingerprint density at radius 3 is 2.42 bits per heavy atom. The number of hydrogen-bond acceptors (Lipinski definition) is 2. The predicted octanol–water partition coefficient (Wildman–Crippen LogP) is 3.22. The molecule has 0 aliphatic rings. The van der Waals surface area contributed by atoms with Crippen molar-refractivity contribution in [2.45, 2.75) is 5.38 Å². The van der Waals surface area contributed by atoms with Crippen molar-refractivity contribution >= 4 is 28.3 Å². The molecule has 2 rings (SSSR count). The summed E-state index contributed by atoms with van der Waals surface area (Å²) in [7, 11) is 5.04. The molecule has 0 aliphatic heterocycles. The van der Waals surface area contributed by atoms with E-state index in [1.165, 1.54) is 4.90 Å². The number of ether oxygens (including phenoxy) is 1. The molecule has 2 aromatic rings. The number of hydrogen-bond donors (Lipinski definition) is 0. The Balaban J connectivity index is 2.39. The number of benzene rings is 2. The van der Waals surface area contributed by atoms with E-state index < -0.39 is 5.38 Å². The van der Waals surface area contributed by atoms with Crippen LogP contribution in [0.1, 0.15) is 10.9 Å². The number of carbonyl (C=O) groups excluding carboxylic acids is 1. The summed E-state index contributed by atoms with van der Waals surface area (Å²) in [6, 6.07) is 11.6. The molecule has 0 spiro atoms. The zero-order chi connectivity index (χ0) is 14.0. The maximum Gasteiger partial charge on any atom is 0.244 e. The summed E-state index contributed by atoms with van der Waals surface area (Å²) in [6.07, 6.45) is 0. The van der Waals surface area contributed by atoms with Gasteiger partial charge in [-0.1, -0.05) is 18.2 Å². The van der Waals surface area contributed by atoms with Gasteiger partial charge in [-0.3, -0.25) is 4.79 Å². The molecule has 0 radical (unpaired) electrons. The first-order chi connectivity index (χ1) is 9.02. The van der Waals surface area contributed by atoms with Gasteiger partial charge in [-0.2, -0.15) is 0 Å². The normalized spacial score (nSPS) is 12.2. The van der Waals surface area contributed by atoms with Crippen LogP contribution in [0, 0.1) is 0 Å². The van der Waals surface area contributed by atoms with E-state index in [9.17, 15) is 4.79 Å². The third-order valence-corrected chi connectivity index (χ3v) is 3.46. The third-order valence-electron chi connectivity index (χ3n) is 3.02. The van der Waals surface area contributed by atoms with Crippen molar-refractivity contribution in [3.8, 4) is 5.75 Å². The van der Waals surface area contributed by atoms with Crippen molar-refractivity contribution in [2.75, 3.05) is 21.2 Å². The van der Waals surface area contributed by atoms with Crippen molar-refractivity contribution in [3.63, 3.8) is 0 Å². The number of halogens is 1. The van der Waals surface area contributed by atoms with Gasteiger partial charge in [0, 0.05) is 14.1 Å². The number of rotatable bonds is 3. The number of alkyl halides is 1. The van der Waals surface area contributed by atoms with Crippen LogP contribution in [0.25, 0.3) is 10.8 Å². The van der Waals surface area contributed by atoms with Crippen molar-refractivity contribution in [1.82, 2.24) is 4.90 Å². The SMILES string of the molecule is COc1ccc2cc(C(Cl)C(=O)N(C)C)ccc2c1. The highest BCUT2D eigenvalue weighted by atomic mass is 35.5. The van der Waals surface area contributed by atoms with Crippen LogP contribution in [0.15, 0.2) is 36.4 Å². The minimum atomic E-state index is -0.651. The van der Waals surface area contributed by atoms with Gasteiger partial charge in [0.05, 0.1) is 7.11 Å². The maximum atomic E-state index is 11.9. The van der Waals surface area contributed by atoms with Crippen molar-refractivity contribution < 1.29 is 9.53 Å². The highest BCUT2D eigenvalue weighted by Gasteiger charge is 2.19. The first-order valence-electron chi connectivity index (χ1n) is 5.96. The van der Waals surface area contributed by atoms with E-state index >= 15 is 0 Å². The van der Waals surface area contributed by atoms with Crippen LogP contribution in [0.4, 0.5) is 0 Å². The van der Waals surface area contributed by atoms with E-state index in [4.69, 9.17) is 16.3 Å². The Bertz CT molecular complexity index is 610. The molecular weight excluding hydrogens is 262 g/mol. The fourth-order valence-electron chi connectivity index (χ4n) is 1.90. The van der Waals surface area contributed by atoms with Crippen LogP contribution in [-0.2, 0) is 4.79 Å². The number of nitrogens with zero attached hydrogens (tertiary/aromatic N) is 1. The first kappa shape index (κ1) is 13.7. The smallest absolute Gasteiger partial charge is 0.244 e. The molecule has 0 fully saturated rings. The molecule has 100 valence electrons. The molecule has 1 atom stereocenters. The second-order valence-corrected chi connectivity index (χ2v) is 5.00. The largest absolute Gasteiger partial charge is 0.497 e. The first-order valence-corrected chi connectivity index (χ1v) is 6.39. The topological polar surface area (TPSA) is 29.5 Å². The molecule has 1 amide bonds. The van der Waals surface area contributed by atoms with Crippen molar-refractivity contribution in [1.29, 1.82) is 0 Å². The lowest BCUT2D eigenvalue weighted by atomic mass is 10.0. The zero-order valence-corrected chi connectivity index (χ0v) is 11.9. The van der Waals surface area contributed by atoms with Crippen molar-refractivity contribution in [2.24, 2.45) is 0 Å². The van der Waals surface area contributed by atoms with Gasteiger partial charge in [0.1, 0.15) is 11.1 Å². The summed E-state index contributed by atoms with van der Waals surface area (Å²) in [5.41, 5.74) is 0.804. The fraction of sp³-hybridized carbons (Fsp3) is 0.267. The van der Waals surface area contributed by atoms with E-state index in [1.807, 2.05) is 36.4 Å². The Kier molecular flexibility index (Phi) is 3.96. The summed E-state index contributed by atoms with van der Waals surface area (Å²) < 4.78 is 5.18. The lowest BCUT2D eigenvalue weighted by molar-refractivity contribution is -0.128. The lowest BCUT2D eigenvalue weighted by Gasteiger charge is -2.16. The average molecular weight is 278 g/mol. The number of carbonyl (C=O) groups is 1. The molecule has 19 heavy (non-hydrogen) atoms. The number of methoxy groups -OCH3 is 1. The second-order valence-electron chi connectivity index (χ2n) is 4.57. The summed E-state index contributed by atoms with van der Waals surface area (Å²) in [6.45, 7) is 0. The van der Waals surface area contributed by atoms with Gasteiger partial charge in [0.25, 0.3) is 0 Å². The monoisotopic (exact) mass is 277 g/mol. The molecule has 0 N–H and O–H groups in total. The molecule has 3 nitrogen and oxygen atoms in total. The highest BCUT2D eigenvalue weighted by molar-refractivity contribution is 6.30. The van der Waals surface area contributed by atoms with Gasteiger partial charge < -0.3 is 9.64 Å². The summed E-state index contributed by atoms with van der Waals surface area (Å²) in [5.74, 6) is 0.696. The van der Waals surface area contributed by atoms with Crippen LogP contribution in [0.2, 0.25) is 0 Å². The van der Waals surface area contributed by atoms with E-state index in [2.05, 4.69) is 0 Å². The molecule has 0 aliphatic carbocycles. The summed E-state index contributed by atoms with van der Waals surface area (Å²) in [5, 5.41) is 1.45. The molecule has 0 bridgehead atoms. The van der Waals surface area contributed by atoms with E-state index in [0.717, 1.165) is 22.1 Å². The molecule has 0 saturated heterocycles. The molecule has 0 heterocycles. The second kappa shape index (κ2) is 5.49. The van der Waals surface area contributed by atoms with Gasteiger partial charge >= 0.3 is 0 Å². The molecule has 0 saturated carbocycles. The minimum absolute atomic E-state index is 0.116.